The van der Waals surface area contributed by atoms with Crippen molar-refractivity contribution in [3.05, 3.63) is 45.8 Å². The van der Waals surface area contributed by atoms with Gasteiger partial charge in [-0.2, -0.15) is 4.31 Å². The number of ether oxygens (including phenoxy) is 1. The summed E-state index contributed by atoms with van der Waals surface area (Å²) >= 11 is 1.43. The second-order valence-electron chi connectivity index (χ2n) is 8.51. The zero-order valence-corrected chi connectivity index (χ0v) is 20.1. The molecule has 1 aromatic carbocycles. The molecule has 1 N–H and O–H groups in total. The molecule has 0 bridgehead atoms. The van der Waals surface area contributed by atoms with E-state index < -0.39 is 16.0 Å². The van der Waals surface area contributed by atoms with Gasteiger partial charge in [-0.1, -0.05) is 6.92 Å². The smallest absolute Gasteiger partial charge is 0.341 e. The van der Waals surface area contributed by atoms with Crippen molar-refractivity contribution in [3.63, 3.8) is 0 Å². The molecule has 1 atom stereocenters. The van der Waals surface area contributed by atoms with Crippen molar-refractivity contribution < 1.29 is 22.7 Å². The van der Waals surface area contributed by atoms with Crippen LogP contribution in [0.3, 0.4) is 0 Å². The molecular weight excluding hydrogens is 448 g/mol. The monoisotopic (exact) mass is 476 g/mol. The van der Waals surface area contributed by atoms with Crippen LogP contribution in [0, 0.1) is 5.92 Å². The number of hydrogen-bond acceptors (Lipinski definition) is 6. The van der Waals surface area contributed by atoms with Crippen LogP contribution in [0.4, 0.5) is 5.00 Å². The molecular formula is C23H28N2O5S2. The minimum absolute atomic E-state index is 0.0665. The van der Waals surface area contributed by atoms with E-state index in [-0.39, 0.29) is 23.5 Å². The Labute approximate surface area is 192 Å². The fourth-order valence-corrected chi connectivity index (χ4v) is 6.82. The van der Waals surface area contributed by atoms with Crippen molar-refractivity contribution in [2.45, 2.75) is 56.9 Å². The quantitative estimate of drug-likeness (QED) is 0.608. The van der Waals surface area contributed by atoms with Crippen molar-refractivity contribution >= 4 is 38.2 Å². The first-order valence-corrected chi connectivity index (χ1v) is 13.2. The van der Waals surface area contributed by atoms with Crippen molar-refractivity contribution in [2.24, 2.45) is 5.92 Å². The fraction of sp³-hybridized carbons (Fsp3) is 0.478. The van der Waals surface area contributed by atoms with E-state index in [0.29, 0.717) is 22.0 Å². The number of carbonyl (C=O) groups is 2. The van der Waals surface area contributed by atoms with E-state index in [2.05, 4.69) is 12.2 Å². The first-order valence-electron chi connectivity index (χ1n) is 10.9. The van der Waals surface area contributed by atoms with E-state index in [4.69, 9.17) is 4.74 Å². The first-order chi connectivity index (χ1) is 15.2. The van der Waals surface area contributed by atoms with Crippen LogP contribution in [-0.4, -0.2) is 44.3 Å². The Hall–Kier alpha value is -2.23. The van der Waals surface area contributed by atoms with Crippen LogP contribution in [0.5, 0.6) is 0 Å². The number of esters is 1. The summed E-state index contributed by atoms with van der Waals surface area (Å²) in [4.78, 5) is 26.8. The van der Waals surface area contributed by atoms with Crippen LogP contribution in [0.15, 0.2) is 29.2 Å². The number of fused-ring (bicyclic) bond motifs is 1. The zero-order chi connectivity index (χ0) is 23.0. The number of carbonyl (C=O) groups excluding carboxylic acids is 2. The summed E-state index contributed by atoms with van der Waals surface area (Å²) in [5.74, 6) is -0.274. The minimum Gasteiger partial charge on any atom is -0.462 e. The molecule has 4 rings (SSSR count). The van der Waals surface area contributed by atoms with Gasteiger partial charge in [-0.25, -0.2) is 13.2 Å². The summed E-state index contributed by atoms with van der Waals surface area (Å²) in [5.41, 5.74) is 1.76. The van der Waals surface area contributed by atoms with Crippen molar-refractivity contribution in [1.82, 2.24) is 4.31 Å². The lowest BCUT2D eigenvalue weighted by molar-refractivity contribution is 0.0526. The number of sulfonamides is 1. The second kappa shape index (κ2) is 8.96. The summed E-state index contributed by atoms with van der Waals surface area (Å²) in [7, 11) is -1.98. The van der Waals surface area contributed by atoms with Gasteiger partial charge in [0.15, 0.2) is 0 Å². The van der Waals surface area contributed by atoms with Gasteiger partial charge in [0.05, 0.1) is 17.1 Å². The van der Waals surface area contributed by atoms with Gasteiger partial charge in [-0.3, -0.25) is 4.79 Å². The first kappa shape index (κ1) is 22.9. The molecule has 1 amide bonds. The van der Waals surface area contributed by atoms with Crippen LogP contribution < -0.4 is 5.32 Å². The van der Waals surface area contributed by atoms with Gasteiger partial charge in [-0.05, 0) is 74.8 Å². The van der Waals surface area contributed by atoms with Gasteiger partial charge in [0, 0.05) is 23.5 Å². The molecule has 1 fully saturated rings. The number of nitrogens with one attached hydrogen (secondary N) is 1. The third-order valence-electron chi connectivity index (χ3n) is 6.07. The largest absolute Gasteiger partial charge is 0.462 e. The number of hydrogen-bond donors (Lipinski definition) is 1. The van der Waals surface area contributed by atoms with Gasteiger partial charge in [-0.15, -0.1) is 11.3 Å². The molecule has 1 saturated carbocycles. The topological polar surface area (TPSA) is 92.8 Å². The summed E-state index contributed by atoms with van der Waals surface area (Å²) in [6.45, 7) is 4.20. The highest BCUT2D eigenvalue weighted by atomic mass is 32.2. The van der Waals surface area contributed by atoms with Crippen LogP contribution in [0.2, 0.25) is 0 Å². The maximum absolute atomic E-state index is 12.9. The van der Waals surface area contributed by atoms with E-state index >= 15 is 0 Å². The molecule has 0 spiro atoms. The lowest BCUT2D eigenvalue weighted by Gasteiger charge is -2.18. The molecule has 0 radical (unpaired) electrons. The van der Waals surface area contributed by atoms with Gasteiger partial charge >= 0.3 is 5.97 Å². The number of amides is 1. The lowest BCUT2D eigenvalue weighted by atomic mass is 9.88. The SMILES string of the molecule is CCOC(=O)c1c(NC(=O)c2ccc(S(=O)(=O)N(C)C3CC3)cc2)sc2c1CC[C@@H](C)C2. The van der Waals surface area contributed by atoms with E-state index in [0.717, 1.165) is 42.5 Å². The Morgan fingerprint density at radius 3 is 2.50 bits per heavy atom. The van der Waals surface area contributed by atoms with Crippen LogP contribution in [0.25, 0.3) is 0 Å². The van der Waals surface area contributed by atoms with Crippen LogP contribution >= 0.6 is 11.3 Å². The second-order valence-corrected chi connectivity index (χ2v) is 11.6. The third kappa shape index (κ3) is 4.46. The average molecular weight is 477 g/mol. The van der Waals surface area contributed by atoms with Crippen molar-refractivity contribution in [1.29, 1.82) is 0 Å². The Balaban J connectivity index is 1.57. The zero-order valence-electron chi connectivity index (χ0n) is 18.5. The average Bonchev–Trinajstić information content (AvgIpc) is 3.54. The normalized spacial score (nSPS) is 18.3. The number of rotatable bonds is 7. The van der Waals surface area contributed by atoms with Gasteiger partial charge in [0.25, 0.3) is 5.91 Å². The van der Waals surface area contributed by atoms with E-state index in [9.17, 15) is 18.0 Å². The number of thiophene rings is 1. The molecule has 0 aliphatic heterocycles. The van der Waals surface area contributed by atoms with E-state index in [1.165, 1.54) is 39.9 Å². The lowest BCUT2D eigenvalue weighted by Crippen LogP contribution is -2.29. The highest BCUT2D eigenvalue weighted by molar-refractivity contribution is 7.89. The molecule has 7 nitrogen and oxygen atoms in total. The Bertz CT molecular complexity index is 1130. The molecule has 0 saturated heterocycles. The van der Waals surface area contributed by atoms with Crippen molar-refractivity contribution in [2.75, 3.05) is 19.0 Å². The van der Waals surface area contributed by atoms with Gasteiger partial charge < -0.3 is 10.1 Å². The van der Waals surface area contributed by atoms with Crippen LogP contribution in [0.1, 0.15) is 64.3 Å². The molecule has 2 aromatic rings. The van der Waals surface area contributed by atoms with Crippen LogP contribution in [-0.2, 0) is 27.6 Å². The Morgan fingerprint density at radius 1 is 1.19 bits per heavy atom. The standard InChI is InChI=1S/C23H28N2O5S2/c1-4-30-23(27)20-18-12-5-14(2)13-19(18)31-22(20)24-21(26)15-6-10-17(11-7-15)32(28,29)25(3)16-8-9-16/h6-7,10-11,14,16H,4-5,8-9,12-13H2,1-3H3,(H,24,26)/t14-/m1/s1. The predicted molar refractivity (Wildman–Crippen MR) is 124 cm³/mol. The highest BCUT2D eigenvalue weighted by Crippen LogP contribution is 2.40. The molecule has 172 valence electrons. The number of anilines is 1. The summed E-state index contributed by atoms with van der Waals surface area (Å²) < 4.78 is 32.0. The third-order valence-corrected chi connectivity index (χ3v) is 9.17. The molecule has 1 aromatic heterocycles. The minimum atomic E-state index is -3.57. The van der Waals surface area contributed by atoms with E-state index in [1.54, 1.807) is 14.0 Å². The Kier molecular flexibility index (Phi) is 6.42. The highest BCUT2D eigenvalue weighted by Gasteiger charge is 2.35. The molecule has 2 aliphatic carbocycles. The maximum Gasteiger partial charge on any atom is 0.341 e. The molecule has 0 unspecified atom stereocenters. The fourth-order valence-electron chi connectivity index (χ4n) is 4.01. The predicted octanol–water partition coefficient (Wildman–Crippen LogP) is 4.08. The van der Waals surface area contributed by atoms with Gasteiger partial charge in [0.1, 0.15) is 5.00 Å². The van der Waals surface area contributed by atoms with Crippen molar-refractivity contribution in [3.8, 4) is 0 Å². The maximum atomic E-state index is 12.9. The molecule has 1 heterocycles. The summed E-state index contributed by atoms with van der Waals surface area (Å²) in [6, 6.07) is 5.98. The van der Waals surface area contributed by atoms with E-state index in [1.807, 2.05) is 0 Å². The van der Waals surface area contributed by atoms with Gasteiger partial charge in [0.2, 0.25) is 10.0 Å². The number of nitrogens with zero attached hydrogens (tertiary/aromatic N) is 1. The summed E-state index contributed by atoms with van der Waals surface area (Å²) in [6.07, 6.45) is 4.42. The molecule has 9 heteroatoms. The molecule has 2 aliphatic rings. The Morgan fingerprint density at radius 2 is 1.88 bits per heavy atom. The molecule has 32 heavy (non-hydrogen) atoms. The summed E-state index contributed by atoms with van der Waals surface area (Å²) in [5, 5.41) is 3.36. The number of benzene rings is 1.